The molecular weight excluding hydrogens is 274 g/mol. The van der Waals surface area contributed by atoms with E-state index in [1.165, 1.54) is 5.56 Å². The van der Waals surface area contributed by atoms with Crippen molar-refractivity contribution in [1.29, 1.82) is 0 Å². The summed E-state index contributed by atoms with van der Waals surface area (Å²) in [7, 11) is 0. The number of fused-ring (bicyclic) bond motifs is 1. The predicted molar refractivity (Wildman–Crippen MR) is 88.6 cm³/mol. The molecule has 114 valence electrons. The normalized spacial score (nSPS) is 19.0. The summed E-state index contributed by atoms with van der Waals surface area (Å²) < 4.78 is 5.50. The fourth-order valence-corrected chi connectivity index (χ4v) is 3.16. The molecule has 3 heteroatoms. The highest BCUT2D eigenvalue weighted by Gasteiger charge is 2.29. The van der Waals surface area contributed by atoms with Gasteiger partial charge in [-0.3, -0.25) is 0 Å². The van der Waals surface area contributed by atoms with Gasteiger partial charge in [-0.1, -0.05) is 25.1 Å². The highest BCUT2D eigenvalue weighted by molar-refractivity contribution is 5.91. The maximum Gasteiger partial charge on any atom is 0.343 e. The van der Waals surface area contributed by atoms with Gasteiger partial charge in [-0.2, -0.15) is 0 Å². The van der Waals surface area contributed by atoms with Gasteiger partial charge in [0.05, 0.1) is 5.56 Å². The van der Waals surface area contributed by atoms with Gasteiger partial charge < -0.3 is 10.1 Å². The number of rotatable bonds is 2. The van der Waals surface area contributed by atoms with E-state index in [0.717, 1.165) is 12.1 Å². The Kier molecular flexibility index (Phi) is 3.65. The second kappa shape index (κ2) is 5.48. The summed E-state index contributed by atoms with van der Waals surface area (Å²) in [5.74, 6) is 0.708. The summed E-state index contributed by atoms with van der Waals surface area (Å²) in [6.07, 6.45) is 1.05. The summed E-state index contributed by atoms with van der Waals surface area (Å²) in [6.45, 7) is 6.62. The van der Waals surface area contributed by atoms with Crippen LogP contribution in [0.4, 0.5) is 5.69 Å². The lowest BCUT2D eigenvalue weighted by Gasteiger charge is -2.37. The molecule has 0 spiro atoms. The zero-order chi connectivity index (χ0) is 15.7. The van der Waals surface area contributed by atoms with E-state index in [0.29, 0.717) is 17.2 Å². The molecule has 0 unspecified atom stereocenters. The van der Waals surface area contributed by atoms with Crippen molar-refractivity contribution in [3.63, 3.8) is 0 Å². The second-order valence-electron chi connectivity index (χ2n) is 6.62. The highest BCUT2D eigenvalue weighted by Crippen LogP contribution is 2.40. The smallest absolute Gasteiger partial charge is 0.343 e. The van der Waals surface area contributed by atoms with E-state index < -0.39 is 0 Å². The van der Waals surface area contributed by atoms with Gasteiger partial charge in [-0.05, 0) is 62.1 Å². The number of hydrogen-bond donors (Lipinski definition) is 1. The standard InChI is InChI=1S/C19H21NO2/c1-13-12-19(2,3)20-17-10-9-15(11-16(13)17)22-18(21)14-7-5-4-6-8-14/h4-11,13,20H,12H2,1-3H3/t13-/m0/s1. The Bertz CT molecular complexity index is 692. The number of esters is 1. The largest absolute Gasteiger partial charge is 0.423 e. The van der Waals surface area contributed by atoms with Crippen LogP contribution in [0.15, 0.2) is 48.5 Å². The summed E-state index contributed by atoms with van der Waals surface area (Å²) in [4.78, 5) is 12.1. The van der Waals surface area contributed by atoms with Crippen molar-refractivity contribution < 1.29 is 9.53 Å². The predicted octanol–water partition coefficient (Wildman–Crippen LogP) is 4.60. The quantitative estimate of drug-likeness (QED) is 0.650. The van der Waals surface area contributed by atoms with Crippen LogP contribution >= 0.6 is 0 Å². The van der Waals surface area contributed by atoms with Crippen molar-refractivity contribution in [2.75, 3.05) is 5.32 Å². The minimum atomic E-state index is -0.322. The van der Waals surface area contributed by atoms with Gasteiger partial charge in [0.15, 0.2) is 0 Å². The van der Waals surface area contributed by atoms with Crippen LogP contribution < -0.4 is 10.1 Å². The molecule has 3 nitrogen and oxygen atoms in total. The Hall–Kier alpha value is -2.29. The van der Waals surface area contributed by atoms with Crippen molar-refractivity contribution in [2.24, 2.45) is 0 Å². The van der Waals surface area contributed by atoms with E-state index in [9.17, 15) is 4.79 Å². The molecule has 1 aliphatic rings. The molecule has 1 heterocycles. The Morgan fingerprint density at radius 3 is 2.64 bits per heavy atom. The van der Waals surface area contributed by atoms with Crippen molar-refractivity contribution in [3.8, 4) is 5.75 Å². The lowest BCUT2D eigenvalue weighted by Crippen LogP contribution is -2.36. The van der Waals surface area contributed by atoms with E-state index in [-0.39, 0.29) is 11.5 Å². The molecule has 1 N–H and O–H groups in total. The minimum absolute atomic E-state index is 0.0919. The Morgan fingerprint density at radius 2 is 1.91 bits per heavy atom. The molecule has 0 saturated heterocycles. The highest BCUT2D eigenvalue weighted by atomic mass is 16.5. The maximum absolute atomic E-state index is 12.1. The maximum atomic E-state index is 12.1. The number of ether oxygens (including phenoxy) is 1. The van der Waals surface area contributed by atoms with Crippen LogP contribution in [0.5, 0.6) is 5.75 Å². The van der Waals surface area contributed by atoms with Gasteiger partial charge in [-0.15, -0.1) is 0 Å². The topological polar surface area (TPSA) is 38.3 Å². The first-order valence-corrected chi connectivity index (χ1v) is 7.64. The fourth-order valence-electron chi connectivity index (χ4n) is 3.16. The molecule has 1 atom stereocenters. The van der Waals surface area contributed by atoms with Crippen molar-refractivity contribution >= 4 is 11.7 Å². The second-order valence-corrected chi connectivity index (χ2v) is 6.62. The fraction of sp³-hybridized carbons (Fsp3) is 0.316. The van der Waals surface area contributed by atoms with Gasteiger partial charge in [0.1, 0.15) is 5.75 Å². The molecule has 0 aromatic heterocycles. The Balaban J connectivity index is 1.83. The third-order valence-corrected chi connectivity index (χ3v) is 4.06. The molecule has 2 aromatic rings. The molecule has 0 radical (unpaired) electrons. The van der Waals surface area contributed by atoms with Gasteiger partial charge in [0.2, 0.25) is 0 Å². The number of anilines is 1. The first-order chi connectivity index (χ1) is 10.4. The molecular formula is C19H21NO2. The summed E-state index contributed by atoms with van der Waals surface area (Å²) in [6, 6.07) is 14.9. The lowest BCUT2D eigenvalue weighted by atomic mass is 9.82. The van der Waals surface area contributed by atoms with Gasteiger partial charge >= 0.3 is 5.97 Å². The van der Waals surface area contributed by atoms with Crippen LogP contribution in [0.3, 0.4) is 0 Å². The summed E-state index contributed by atoms with van der Waals surface area (Å²) in [5, 5.41) is 3.54. The van der Waals surface area contributed by atoms with Gasteiger partial charge in [-0.25, -0.2) is 4.79 Å². The molecule has 0 fully saturated rings. The van der Waals surface area contributed by atoms with Crippen LogP contribution in [0.25, 0.3) is 0 Å². The molecule has 0 bridgehead atoms. The molecule has 0 amide bonds. The van der Waals surface area contributed by atoms with E-state index in [4.69, 9.17) is 4.74 Å². The minimum Gasteiger partial charge on any atom is -0.423 e. The number of benzene rings is 2. The van der Waals surface area contributed by atoms with E-state index in [2.05, 4.69) is 26.1 Å². The van der Waals surface area contributed by atoms with Gasteiger partial charge in [0, 0.05) is 11.2 Å². The lowest BCUT2D eigenvalue weighted by molar-refractivity contribution is 0.0734. The average molecular weight is 295 g/mol. The molecule has 3 rings (SSSR count). The van der Waals surface area contributed by atoms with E-state index >= 15 is 0 Å². The first-order valence-electron chi connectivity index (χ1n) is 7.64. The number of nitrogens with one attached hydrogen (secondary N) is 1. The Labute approximate surface area is 131 Å². The summed E-state index contributed by atoms with van der Waals surface area (Å²) in [5.41, 5.74) is 2.99. The van der Waals surface area contributed by atoms with Gasteiger partial charge in [0.25, 0.3) is 0 Å². The van der Waals surface area contributed by atoms with Crippen LogP contribution in [-0.2, 0) is 0 Å². The number of hydrogen-bond acceptors (Lipinski definition) is 3. The first kappa shape index (κ1) is 14.6. The Morgan fingerprint density at radius 1 is 1.18 bits per heavy atom. The van der Waals surface area contributed by atoms with Crippen LogP contribution in [-0.4, -0.2) is 11.5 Å². The SMILES string of the molecule is C[C@H]1CC(C)(C)Nc2ccc(OC(=O)c3ccccc3)cc21. The third kappa shape index (κ3) is 2.98. The number of carbonyl (C=O) groups is 1. The monoisotopic (exact) mass is 295 g/mol. The van der Waals surface area contributed by atoms with Crippen LogP contribution in [0.2, 0.25) is 0 Å². The third-order valence-electron chi connectivity index (χ3n) is 4.06. The summed E-state index contributed by atoms with van der Waals surface area (Å²) >= 11 is 0. The van der Waals surface area contributed by atoms with E-state index in [1.54, 1.807) is 12.1 Å². The molecule has 0 aliphatic carbocycles. The molecule has 22 heavy (non-hydrogen) atoms. The molecule has 0 saturated carbocycles. The van der Waals surface area contributed by atoms with Crippen LogP contribution in [0, 0.1) is 0 Å². The van der Waals surface area contributed by atoms with Crippen molar-refractivity contribution in [1.82, 2.24) is 0 Å². The zero-order valence-electron chi connectivity index (χ0n) is 13.2. The molecule has 1 aliphatic heterocycles. The van der Waals surface area contributed by atoms with Crippen molar-refractivity contribution in [2.45, 2.75) is 38.6 Å². The average Bonchev–Trinajstić information content (AvgIpc) is 2.48. The van der Waals surface area contributed by atoms with E-state index in [1.807, 2.05) is 36.4 Å². The zero-order valence-corrected chi connectivity index (χ0v) is 13.2. The van der Waals surface area contributed by atoms with Crippen molar-refractivity contribution in [3.05, 3.63) is 59.7 Å². The molecule has 2 aromatic carbocycles. The number of carbonyl (C=O) groups excluding carboxylic acids is 1. The van der Waals surface area contributed by atoms with Crippen LogP contribution in [0.1, 0.15) is 49.0 Å².